The Morgan fingerprint density at radius 3 is 2.28 bits per heavy atom. The molecule has 1 saturated carbocycles. The third kappa shape index (κ3) is 4.70. The molecule has 0 bridgehead atoms. The van der Waals surface area contributed by atoms with Crippen molar-refractivity contribution in [2.24, 2.45) is 0 Å². The fraction of sp³-hybridized carbons (Fsp3) is 0.303. The van der Waals surface area contributed by atoms with Gasteiger partial charge in [-0.05, 0) is 52.6 Å². The first-order valence-corrected chi connectivity index (χ1v) is 13.7. The number of nitrogens with zero attached hydrogens (tertiary/aromatic N) is 2. The molecule has 1 atom stereocenters. The van der Waals surface area contributed by atoms with Gasteiger partial charge in [-0.25, -0.2) is 4.98 Å². The normalized spacial score (nSPS) is 16.6. The molecule has 0 spiro atoms. The van der Waals surface area contributed by atoms with Gasteiger partial charge in [-0.1, -0.05) is 86.6 Å². The van der Waals surface area contributed by atoms with E-state index in [1.807, 2.05) is 48.5 Å². The summed E-state index contributed by atoms with van der Waals surface area (Å²) in [5, 5.41) is 11.1. The van der Waals surface area contributed by atoms with Gasteiger partial charge in [0.1, 0.15) is 5.82 Å². The van der Waals surface area contributed by atoms with E-state index in [0.29, 0.717) is 30.0 Å². The van der Waals surface area contributed by atoms with Crippen LogP contribution in [-0.4, -0.2) is 32.4 Å². The largest absolute Gasteiger partial charge is 0.378 e. The van der Waals surface area contributed by atoms with Gasteiger partial charge in [-0.3, -0.25) is 9.59 Å². The lowest BCUT2D eigenvalue weighted by molar-refractivity contribution is -0.141. The summed E-state index contributed by atoms with van der Waals surface area (Å²) >= 11 is 0. The second-order valence-electron chi connectivity index (χ2n) is 11.1. The van der Waals surface area contributed by atoms with Crippen LogP contribution in [0.2, 0.25) is 0 Å². The number of aromatic amines is 1. The SMILES string of the molecule is CC(C)c1cccc(-c2cccc([C@@H](O)C(=O)N3CCc4nc(C5(c6ccccc6)CC5)[nH]c(=O)c4C3)c2)c1. The molecule has 6 rings (SSSR count). The van der Waals surface area contributed by atoms with Gasteiger partial charge >= 0.3 is 0 Å². The third-order valence-corrected chi connectivity index (χ3v) is 8.23. The molecule has 6 heteroatoms. The first kappa shape index (κ1) is 25.3. The van der Waals surface area contributed by atoms with Crippen molar-refractivity contribution in [2.75, 3.05) is 6.54 Å². The van der Waals surface area contributed by atoms with E-state index in [9.17, 15) is 14.7 Å². The van der Waals surface area contributed by atoms with Crippen LogP contribution in [0, 0.1) is 0 Å². The van der Waals surface area contributed by atoms with Gasteiger partial charge in [-0.15, -0.1) is 0 Å². The van der Waals surface area contributed by atoms with Crippen molar-refractivity contribution in [1.29, 1.82) is 0 Å². The van der Waals surface area contributed by atoms with Crippen molar-refractivity contribution in [1.82, 2.24) is 14.9 Å². The number of carbonyl (C=O) groups is 1. The van der Waals surface area contributed by atoms with Crippen LogP contribution in [0.3, 0.4) is 0 Å². The summed E-state index contributed by atoms with van der Waals surface area (Å²) in [4.78, 5) is 36.0. The molecular weight excluding hydrogens is 486 g/mol. The first-order chi connectivity index (χ1) is 18.9. The number of hydrogen-bond donors (Lipinski definition) is 2. The van der Waals surface area contributed by atoms with E-state index in [-0.39, 0.29) is 17.5 Å². The summed E-state index contributed by atoms with van der Waals surface area (Å²) in [6.45, 7) is 4.86. The highest BCUT2D eigenvalue weighted by atomic mass is 16.3. The zero-order chi connectivity index (χ0) is 27.1. The van der Waals surface area contributed by atoms with E-state index in [1.165, 1.54) is 11.1 Å². The highest BCUT2D eigenvalue weighted by molar-refractivity contribution is 5.83. The van der Waals surface area contributed by atoms with Gasteiger partial charge in [0.05, 0.1) is 23.2 Å². The Bertz CT molecular complexity index is 1590. The lowest BCUT2D eigenvalue weighted by Crippen LogP contribution is -2.42. The molecule has 0 radical (unpaired) electrons. The van der Waals surface area contributed by atoms with Gasteiger partial charge in [-0.2, -0.15) is 0 Å². The molecule has 6 nitrogen and oxygen atoms in total. The van der Waals surface area contributed by atoms with E-state index in [0.717, 1.165) is 35.5 Å². The minimum absolute atomic E-state index is 0.141. The third-order valence-electron chi connectivity index (χ3n) is 8.23. The van der Waals surface area contributed by atoms with Gasteiger partial charge in [0, 0.05) is 13.0 Å². The van der Waals surface area contributed by atoms with Crippen molar-refractivity contribution in [3.05, 3.63) is 123 Å². The summed E-state index contributed by atoms with van der Waals surface area (Å²) < 4.78 is 0. The number of carbonyl (C=O) groups excluding carboxylic acids is 1. The molecule has 1 aromatic heterocycles. The quantitative estimate of drug-likeness (QED) is 0.364. The molecule has 1 aliphatic carbocycles. The number of hydrogen-bond acceptors (Lipinski definition) is 4. The second-order valence-corrected chi connectivity index (χ2v) is 11.1. The van der Waals surface area contributed by atoms with Crippen molar-refractivity contribution in [3.63, 3.8) is 0 Å². The average Bonchev–Trinajstić information content (AvgIpc) is 3.79. The van der Waals surface area contributed by atoms with Crippen LogP contribution in [0.4, 0.5) is 0 Å². The summed E-state index contributed by atoms with van der Waals surface area (Å²) in [6, 6.07) is 26.0. The molecule has 0 unspecified atom stereocenters. The van der Waals surface area contributed by atoms with Crippen LogP contribution in [0.25, 0.3) is 11.1 Å². The molecule has 2 N–H and O–H groups in total. The molecule has 39 heavy (non-hydrogen) atoms. The van der Waals surface area contributed by atoms with Crippen molar-refractivity contribution in [2.45, 2.75) is 57.1 Å². The number of benzene rings is 3. The number of H-pyrrole nitrogens is 1. The monoisotopic (exact) mass is 519 g/mol. The Balaban J connectivity index is 1.22. The number of aliphatic hydroxyl groups excluding tert-OH is 1. The smallest absolute Gasteiger partial charge is 0.256 e. The molecule has 1 aliphatic heterocycles. The Kier molecular flexibility index (Phi) is 6.43. The molecule has 4 aromatic rings. The van der Waals surface area contributed by atoms with Gasteiger partial charge in [0.25, 0.3) is 11.5 Å². The standard InChI is InChI=1S/C33H33N3O3/c1-21(2)22-8-6-9-23(18-22)24-10-7-11-25(19-24)29(37)31(39)36-17-14-28-27(20-36)30(38)35-32(34-28)33(15-16-33)26-12-4-3-5-13-26/h3-13,18-19,21,29,37H,14-17,20H2,1-2H3,(H,34,35,38)/t29-/m1/s1. The molecule has 1 fully saturated rings. The minimum atomic E-state index is -1.31. The molecule has 0 saturated heterocycles. The van der Waals surface area contributed by atoms with Crippen LogP contribution < -0.4 is 5.56 Å². The molecule has 2 heterocycles. The van der Waals surface area contributed by atoms with Crippen LogP contribution in [0.15, 0.2) is 83.7 Å². The van der Waals surface area contributed by atoms with Crippen LogP contribution >= 0.6 is 0 Å². The van der Waals surface area contributed by atoms with Gasteiger partial charge < -0.3 is 15.0 Å². The van der Waals surface area contributed by atoms with E-state index in [1.54, 1.807) is 11.0 Å². The van der Waals surface area contributed by atoms with Crippen LogP contribution in [-0.2, 0) is 23.2 Å². The number of amides is 1. The number of aromatic nitrogens is 2. The Morgan fingerprint density at radius 1 is 0.949 bits per heavy atom. The van der Waals surface area contributed by atoms with E-state index >= 15 is 0 Å². The van der Waals surface area contributed by atoms with E-state index < -0.39 is 12.0 Å². The maximum Gasteiger partial charge on any atom is 0.256 e. The van der Waals surface area contributed by atoms with E-state index in [4.69, 9.17) is 4.98 Å². The van der Waals surface area contributed by atoms with Gasteiger partial charge in [0.2, 0.25) is 0 Å². The zero-order valence-electron chi connectivity index (χ0n) is 22.4. The first-order valence-electron chi connectivity index (χ1n) is 13.7. The molecule has 2 aliphatic rings. The lowest BCUT2D eigenvalue weighted by Gasteiger charge is -2.30. The summed E-state index contributed by atoms with van der Waals surface area (Å²) in [5.41, 5.74) is 5.78. The van der Waals surface area contributed by atoms with Crippen molar-refractivity contribution < 1.29 is 9.90 Å². The number of nitrogens with one attached hydrogen (secondary N) is 1. The van der Waals surface area contributed by atoms with Crippen molar-refractivity contribution in [3.8, 4) is 11.1 Å². The Morgan fingerprint density at radius 2 is 1.62 bits per heavy atom. The highest BCUT2D eigenvalue weighted by Gasteiger charge is 2.48. The average molecular weight is 520 g/mol. The molecule has 3 aromatic carbocycles. The number of fused-ring (bicyclic) bond motifs is 1. The second kappa shape index (κ2) is 9.93. The molecule has 198 valence electrons. The fourth-order valence-corrected chi connectivity index (χ4v) is 5.67. The summed E-state index contributed by atoms with van der Waals surface area (Å²) in [5.74, 6) is 0.722. The van der Waals surface area contributed by atoms with Crippen LogP contribution in [0.1, 0.15) is 72.5 Å². The Labute approximate surface area is 228 Å². The summed E-state index contributed by atoms with van der Waals surface area (Å²) in [7, 11) is 0. The van der Waals surface area contributed by atoms with Crippen LogP contribution in [0.5, 0.6) is 0 Å². The minimum Gasteiger partial charge on any atom is -0.378 e. The topological polar surface area (TPSA) is 86.3 Å². The maximum atomic E-state index is 13.4. The maximum absolute atomic E-state index is 13.4. The van der Waals surface area contributed by atoms with Crippen molar-refractivity contribution >= 4 is 5.91 Å². The predicted octanol–water partition coefficient (Wildman–Crippen LogP) is 5.26. The molecular formula is C33H33N3O3. The number of aliphatic hydroxyl groups is 1. The zero-order valence-corrected chi connectivity index (χ0v) is 22.4. The number of rotatable bonds is 6. The molecule has 1 amide bonds. The highest BCUT2D eigenvalue weighted by Crippen LogP contribution is 2.52. The van der Waals surface area contributed by atoms with Gasteiger partial charge in [0.15, 0.2) is 6.10 Å². The summed E-state index contributed by atoms with van der Waals surface area (Å²) in [6.07, 6.45) is 1.09. The Hall–Kier alpha value is -4.03. The fourth-order valence-electron chi connectivity index (χ4n) is 5.67. The van der Waals surface area contributed by atoms with E-state index in [2.05, 4.69) is 43.1 Å². The lowest BCUT2D eigenvalue weighted by atomic mass is 9.94. The predicted molar refractivity (Wildman–Crippen MR) is 151 cm³/mol.